The summed E-state index contributed by atoms with van der Waals surface area (Å²) in [5.41, 5.74) is 0.947. The fourth-order valence-electron chi connectivity index (χ4n) is 1.82. The van der Waals surface area contributed by atoms with Gasteiger partial charge in [-0.3, -0.25) is 4.72 Å². The smallest absolute Gasteiger partial charge is 0.133 e. The van der Waals surface area contributed by atoms with Crippen LogP contribution in [0.15, 0.2) is 39.8 Å². The van der Waals surface area contributed by atoms with Crippen LogP contribution in [0.1, 0.15) is 20.3 Å². The van der Waals surface area contributed by atoms with Gasteiger partial charge in [-0.1, -0.05) is 13.8 Å². The molecule has 0 aliphatic rings. The molecule has 0 saturated heterocycles. The van der Waals surface area contributed by atoms with E-state index in [0.717, 1.165) is 42.9 Å². The summed E-state index contributed by atoms with van der Waals surface area (Å²) in [5.74, 6) is 0.726. The SMILES string of the molecule is CC(C)CNCCCNSc1ccc2occc2c1. The second-order valence-corrected chi connectivity index (χ2v) is 6.03. The number of fused-ring (bicyclic) bond motifs is 1. The standard InChI is InChI=1S/C15H22N2OS/c1-12(2)11-16-7-3-8-17-19-14-4-5-15-13(10-14)6-9-18-15/h4-6,9-10,12,16-17H,3,7-8,11H2,1-2H3. The zero-order chi connectivity index (χ0) is 13.5. The van der Waals surface area contributed by atoms with Gasteiger partial charge in [0.05, 0.1) is 6.26 Å². The summed E-state index contributed by atoms with van der Waals surface area (Å²) < 4.78 is 8.72. The summed E-state index contributed by atoms with van der Waals surface area (Å²) in [6.45, 7) is 7.65. The zero-order valence-corrected chi connectivity index (χ0v) is 12.4. The van der Waals surface area contributed by atoms with Gasteiger partial charge >= 0.3 is 0 Å². The Kier molecular flexibility index (Phi) is 5.76. The molecule has 19 heavy (non-hydrogen) atoms. The molecule has 104 valence electrons. The highest BCUT2D eigenvalue weighted by Crippen LogP contribution is 2.22. The van der Waals surface area contributed by atoms with Crippen LogP contribution in [0.4, 0.5) is 0 Å². The van der Waals surface area contributed by atoms with E-state index in [0.29, 0.717) is 0 Å². The molecule has 2 aromatic rings. The predicted octanol–water partition coefficient (Wildman–Crippen LogP) is 3.67. The van der Waals surface area contributed by atoms with E-state index in [1.54, 1.807) is 18.2 Å². The molecule has 4 heteroatoms. The molecule has 0 aliphatic heterocycles. The Labute approximate surface area is 119 Å². The highest BCUT2D eigenvalue weighted by atomic mass is 32.2. The summed E-state index contributed by atoms with van der Waals surface area (Å²) >= 11 is 1.68. The average molecular weight is 278 g/mol. The highest BCUT2D eigenvalue weighted by Gasteiger charge is 1.99. The van der Waals surface area contributed by atoms with E-state index in [4.69, 9.17) is 4.42 Å². The van der Waals surface area contributed by atoms with Crippen molar-refractivity contribution in [2.45, 2.75) is 25.2 Å². The molecule has 0 atom stereocenters. The number of rotatable bonds is 8. The van der Waals surface area contributed by atoms with Crippen LogP contribution >= 0.6 is 11.9 Å². The van der Waals surface area contributed by atoms with Gasteiger partial charge in [0.2, 0.25) is 0 Å². The molecule has 0 spiro atoms. The van der Waals surface area contributed by atoms with Crippen molar-refractivity contribution in [3.05, 3.63) is 30.5 Å². The maximum absolute atomic E-state index is 5.32. The van der Waals surface area contributed by atoms with Crippen LogP contribution in [-0.4, -0.2) is 19.6 Å². The van der Waals surface area contributed by atoms with E-state index in [-0.39, 0.29) is 0 Å². The summed E-state index contributed by atoms with van der Waals surface area (Å²) in [5, 5.41) is 4.60. The molecule has 0 bridgehead atoms. The van der Waals surface area contributed by atoms with E-state index in [2.05, 4.69) is 36.0 Å². The van der Waals surface area contributed by atoms with Crippen LogP contribution in [-0.2, 0) is 0 Å². The van der Waals surface area contributed by atoms with E-state index >= 15 is 0 Å². The largest absolute Gasteiger partial charge is 0.464 e. The third-order valence-corrected chi connectivity index (χ3v) is 3.64. The first-order valence-electron chi connectivity index (χ1n) is 6.83. The monoisotopic (exact) mass is 278 g/mol. The minimum absolute atomic E-state index is 0.726. The van der Waals surface area contributed by atoms with Crippen molar-refractivity contribution in [2.24, 2.45) is 5.92 Å². The molecule has 0 unspecified atom stereocenters. The summed E-state index contributed by atoms with van der Waals surface area (Å²) in [6, 6.07) is 8.24. The predicted molar refractivity (Wildman–Crippen MR) is 82.4 cm³/mol. The van der Waals surface area contributed by atoms with Crippen molar-refractivity contribution >= 4 is 22.9 Å². The van der Waals surface area contributed by atoms with Crippen LogP contribution in [0.3, 0.4) is 0 Å². The normalized spacial score (nSPS) is 11.5. The van der Waals surface area contributed by atoms with E-state index in [1.165, 1.54) is 4.90 Å². The molecule has 0 saturated carbocycles. The second kappa shape index (κ2) is 7.58. The molecule has 1 heterocycles. The minimum Gasteiger partial charge on any atom is -0.464 e. The topological polar surface area (TPSA) is 37.2 Å². The van der Waals surface area contributed by atoms with Crippen LogP contribution in [0, 0.1) is 5.92 Å². The molecule has 1 aromatic heterocycles. The third kappa shape index (κ3) is 4.90. The van der Waals surface area contributed by atoms with Crippen LogP contribution < -0.4 is 10.0 Å². The van der Waals surface area contributed by atoms with Gasteiger partial charge in [-0.2, -0.15) is 0 Å². The van der Waals surface area contributed by atoms with Gasteiger partial charge in [-0.05, 0) is 61.6 Å². The van der Waals surface area contributed by atoms with Gasteiger partial charge in [0.1, 0.15) is 5.58 Å². The third-order valence-electron chi connectivity index (χ3n) is 2.80. The molecule has 0 amide bonds. The lowest BCUT2D eigenvalue weighted by Crippen LogP contribution is -2.23. The van der Waals surface area contributed by atoms with Crippen molar-refractivity contribution in [3.8, 4) is 0 Å². The number of benzene rings is 1. The Morgan fingerprint density at radius 1 is 1.21 bits per heavy atom. The molecule has 1 aromatic carbocycles. The molecule has 0 fully saturated rings. The summed E-state index contributed by atoms with van der Waals surface area (Å²) in [6.07, 6.45) is 2.88. The van der Waals surface area contributed by atoms with Crippen LogP contribution in [0.25, 0.3) is 11.0 Å². The quantitative estimate of drug-likeness (QED) is 0.571. The summed E-state index contributed by atoms with van der Waals surface area (Å²) in [7, 11) is 0. The first kappa shape index (κ1) is 14.4. The second-order valence-electron chi connectivity index (χ2n) is 5.07. The molecule has 2 N–H and O–H groups in total. The maximum Gasteiger partial charge on any atom is 0.133 e. The fraction of sp³-hybridized carbons (Fsp3) is 0.467. The first-order valence-corrected chi connectivity index (χ1v) is 7.65. The Hall–Kier alpha value is -0.970. The van der Waals surface area contributed by atoms with Crippen molar-refractivity contribution in [2.75, 3.05) is 19.6 Å². The van der Waals surface area contributed by atoms with E-state index in [1.807, 2.05) is 12.1 Å². The van der Waals surface area contributed by atoms with Crippen molar-refractivity contribution in [1.82, 2.24) is 10.0 Å². The number of hydrogen-bond donors (Lipinski definition) is 2. The number of hydrogen-bond acceptors (Lipinski definition) is 4. The number of furan rings is 1. The van der Waals surface area contributed by atoms with Crippen molar-refractivity contribution in [1.29, 1.82) is 0 Å². The Morgan fingerprint density at radius 3 is 2.95 bits per heavy atom. The maximum atomic E-state index is 5.32. The Bertz CT molecular complexity index is 496. The van der Waals surface area contributed by atoms with Crippen molar-refractivity contribution in [3.63, 3.8) is 0 Å². The highest BCUT2D eigenvalue weighted by molar-refractivity contribution is 7.97. The van der Waals surface area contributed by atoms with Gasteiger partial charge < -0.3 is 9.73 Å². The zero-order valence-electron chi connectivity index (χ0n) is 11.6. The minimum atomic E-state index is 0.726. The fourth-order valence-corrected chi connectivity index (χ4v) is 2.55. The van der Waals surface area contributed by atoms with Gasteiger partial charge in [0.25, 0.3) is 0 Å². The lowest BCUT2D eigenvalue weighted by molar-refractivity contribution is 0.543. The molecule has 0 aliphatic carbocycles. The Balaban J connectivity index is 1.62. The van der Waals surface area contributed by atoms with Crippen molar-refractivity contribution < 1.29 is 4.42 Å². The van der Waals surface area contributed by atoms with E-state index < -0.39 is 0 Å². The van der Waals surface area contributed by atoms with Gasteiger partial charge in [-0.15, -0.1) is 0 Å². The summed E-state index contributed by atoms with van der Waals surface area (Å²) in [4.78, 5) is 1.23. The molecular weight excluding hydrogens is 256 g/mol. The van der Waals surface area contributed by atoms with Gasteiger partial charge in [0, 0.05) is 16.8 Å². The molecule has 3 nitrogen and oxygen atoms in total. The Morgan fingerprint density at radius 2 is 2.11 bits per heavy atom. The lowest BCUT2D eigenvalue weighted by Gasteiger charge is -2.07. The lowest BCUT2D eigenvalue weighted by atomic mass is 10.2. The van der Waals surface area contributed by atoms with Gasteiger partial charge in [0.15, 0.2) is 0 Å². The molecule has 0 radical (unpaired) electrons. The van der Waals surface area contributed by atoms with Crippen LogP contribution in [0.5, 0.6) is 0 Å². The van der Waals surface area contributed by atoms with Crippen LogP contribution in [0.2, 0.25) is 0 Å². The first-order chi connectivity index (χ1) is 9.25. The molecule has 2 rings (SSSR count). The molecular formula is C15H22N2OS. The van der Waals surface area contributed by atoms with E-state index in [9.17, 15) is 0 Å². The van der Waals surface area contributed by atoms with Gasteiger partial charge in [-0.25, -0.2) is 0 Å². The average Bonchev–Trinajstić information content (AvgIpc) is 2.84. The number of nitrogens with one attached hydrogen (secondary N) is 2.